The summed E-state index contributed by atoms with van der Waals surface area (Å²) in [5.74, 6) is 2.45. The van der Waals surface area contributed by atoms with Crippen LogP contribution in [0.3, 0.4) is 0 Å². The molecule has 1 aliphatic rings. The zero-order valence-corrected chi connectivity index (χ0v) is 13.9. The van der Waals surface area contributed by atoms with Crippen molar-refractivity contribution >= 4 is 17.4 Å². The summed E-state index contributed by atoms with van der Waals surface area (Å²) in [6, 6.07) is 10.2. The molecular formula is C17H28N2S. The van der Waals surface area contributed by atoms with E-state index in [4.69, 9.17) is 0 Å². The summed E-state index contributed by atoms with van der Waals surface area (Å²) < 4.78 is 0. The normalized spacial score (nSPS) is 18.2. The molecule has 1 atom stereocenters. The van der Waals surface area contributed by atoms with Gasteiger partial charge in [-0.25, -0.2) is 0 Å². The molecule has 2 nitrogen and oxygen atoms in total. The van der Waals surface area contributed by atoms with Gasteiger partial charge in [0.2, 0.25) is 0 Å². The topological polar surface area (TPSA) is 15.3 Å². The molecule has 112 valence electrons. The molecule has 0 radical (unpaired) electrons. The summed E-state index contributed by atoms with van der Waals surface area (Å²) in [4.78, 5) is 2.52. The number of aryl methyl sites for hydroxylation is 1. The van der Waals surface area contributed by atoms with Gasteiger partial charge in [-0.05, 0) is 50.1 Å². The maximum atomic E-state index is 3.79. The van der Waals surface area contributed by atoms with Crippen molar-refractivity contribution in [3.05, 3.63) is 29.8 Å². The highest BCUT2D eigenvalue weighted by atomic mass is 32.2. The van der Waals surface area contributed by atoms with Crippen LogP contribution in [0.2, 0.25) is 0 Å². The van der Waals surface area contributed by atoms with Gasteiger partial charge in [0.05, 0.1) is 0 Å². The van der Waals surface area contributed by atoms with E-state index in [1.54, 1.807) is 0 Å². The zero-order valence-electron chi connectivity index (χ0n) is 13.1. The lowest BCUT2D eigenvalue weighted by Crippen LogP contribution is -2.46. The summed E-state index contributed by atoms with van der Waals surface area (Å²) in [5.41, 5.74) is 2.74. The Hall–Kier alpha value is -0.670. The molecule has 3 heteroatoms. The molecule has 1 N–H and O–H groups in total. The Kier molecular flexibility index (Phi) is 6.24. The van der Waals surface area contributed by atoms with Crippen molar-refractivity contribution in [2.75, 3.05) is 29.5 Å². The third-order valence-electron chi connectivity index (χ3n) is 3.95. The highest BCUT2D eigenvalue weighted by Gasteiger charge is 2.20. The molecule has 0 spiro atoms. The molecule has 0 amide bonds. The zero-order chi connectivity index (χ0) is 14.4. The quantitative estimate of drug-likeness (QED) is 0.861. The monoisotopic (exact) mass is 292 g/mol. The van der Waals surface area contributed by atoms with Crippen LogP contribution in [0.4, 0.5) is 5.69 Å². The van der Waals surface area contributed by atoms with E-state index >= 15 is 0 Å². The van der Waals surface area contributed by atoms with Gasteiger partial charge in [-0.3, -0.25) is 0 Å². The second-order valence-electron chi connectivity index (χ2n) is 5.83. The summed E-state index contributed by atoms with van der Waals surface area (Å²) in [6.07, 6.45) is 2.52. The molecule has 1 heterocycles. The van der Waals surface area contributed by atoms with Crippen LogP contribution in [0.5, 0.6) is 0 Å². The van der Waals surface area contributed by atoms with Crippen molar-refractivity contribution in [2.24, 2.45) is 0 Å². The van der Waals surface area contributed by atoms with E-state index in [0.29, 0.717) is 12.1 Å². The van der Waals surface area contributed by atoms with E-state index < -0.39 is 0 Å². The smallest absolute Gasteiger partial charge is 0.0368 e. The molecule has 1 aromatic carbocycles. The maximum Gasteiger partial charge on any atom is 0.0368 e. The van der Waals surface area contributed by atoms with Crippen LogP contribution in [0.15, 0.2) is 24.3 Å². The van der Waals surface area contributed by atoms with Crippen molar-refractivity contribution in [3.8, 4) is 0 Å². The number of hydrogen-bond acceptors (Lipinski definition) is 3. The average molecular weight is 292 g/mol. The third kappa shape index (κ3) is 4.71. The standard InChI is InChI=1S/C17H28N2S/c1-4-20-13-15(3)18-16-8-10-19(11-9-16)17-7-5-6-14(2)12-17/h5-7,12,15-16,18H,4,8-11,13H2,1-3H3. The lowest BCUT2D eigenvalue weighted by molar-refractivity contribution is 0.389. The van der Waals surface area contributed by atoms with Crippen molar-refractivity contribution < 1.29 is 0 Å². The van der Waals surface area contributed by atoms with Gasteiger partial charge in [0.1, 0.15) is 0 Å². The summed E-state index contributed by atoms with van der Waals surface area (Å²) >= 11 is 2.03. The number of anilines is 1. The van der Waals surface area contributed by atoms with Gasteiger partial charge < -0.3 is 10.2 Å². The van der Waals surface area contributed by atoms with Crippen molar-refractivity contribution in [1.82, 2.24) is 5.32 Å². The van der Waals surface area contributed by atoms with Gasteiger partial charge in [-0.2, -0.15) is 11.8 Å². The van der Waals surface area contributed by atoms with Crippen LogP contribution in [-0.4, -0.2) is 36.7 Å². The van der Waals surface area contributed by atoms with Gasteiger partial charge in [-0.1, -0.05) is 19.1 Å². The minimum absolute atomic E-state index is 0.635. The molecule has 1 aliphatic heterocycles. The van der Waals surface area contributed by atoms with Gasteiger partial charge in [0.25, 0.3) is 0 Å². The minimum atomic E-state index is 0.635. The van der Waals surface area contributed by atoms with E-state index in [-0.39, 0.29) is 0 Å². The number of rotatable bonds is 6. The van der Waals surface area contributed by atoms with Crippen LogP contribution in [0.1, 0.15) is 32.3 Å². The molecule has 1 saturated heterocycles. The molecule has 0 aromatic heterocycles. The van der Waals surface area contributed by atoms with E-state index in [1.165, 1.54) is 48.7 Å². The summed E-state index contributed by atoms with van der Waals surface area (Å²) in [5, 5.41) is 3.79. The number of thioether (sulfide) groups is 1. The Morgan fingerprint density at radius 3 is 2.75 bits per heavy atom. The van der Waals surface area contributed by atoms with E-state index in [1.807, 2.05) is 11.8 Å². The Balaban J connectivity index is 1.77. The van der Waals surface area contributed by atoms with Crippen molar-refractivity contribution in [1.29, 1.82) is 0 Å². The molecule has 1 fully saturated rings. The average Bonchev–Trinajstić information content (AvgIpc) is 2.46. The van der Waals surface area contributed by atoms with E-state index in [0.717, 1.165) is 0 Å². The molecule has 20 heavy (non-hydrogen) atoms. The Bertz CT molecular complexity index is 400. The molecule has 1 aromatic rings. The van der Waals surface area contributed by atoms with Crippen molar-refractivity contribution in [2.45, 2.75) is 45.7 Å². The Morgan fingerprint density at radius 2 is 2.10 bits per heavy atom. The van der Waals surface area contributed by atoms with Crippen LogP contribution in [0.25, 0.3) is 0 Å². The SMILES string of the molecule is CCSCC(C)NC1CCN(c2cccc(C)c2)CC1. The molecule has 1 unspecified atom stereocenters. The Labute approximate surface area is 128 Å². The fraction of sp³-hybridized carbons (Fsp3) is 0.647. The van der Waals surface area contributed by atoms with Crippen LogP contribution in [-0.2, 0) is 0 Å². The molecule has 0 saturated carbocycles. The maximum absolute atomic E-state index is 3.79. The molecule has 0 aliphatic carbocycles. The number of benzene rings is 1. The first kappa shape index (κ1) is 15.7. The minimum Gasteiger partial charge on any atom is -0.371 e. The van der Waals surface area contributed by atoms with Gasteiger partial charge in [0.15, 0.2) is 0 Å². The predicted molar refractivity (Wildman–Crippen MR) is 92.0 cm³/mol. The number of hydrogen-bond donors (Lipinski definition) is 1. The number of nitrogens with zero attached hydrogens (tertiary/aromatic N) is 1. The first-order valence-electron chi connectivity index (χ1n) is 7.84. The largest absolute Gasteiger partial charge is 0.371 e. The summed E-state index contributed by atoms with van der Waals surface area (Å²) in [7, 11) is 0. The third-order valence-corrected chi connectivity index (χ3v) is 5.10. The highest BCUT2D eigenvalue weighted by molar-refractivity contribution is 7.99. The number of nitrogens with one attached hydrogen (secondary N) is 1. The molecule has 0 bridgehead atoms. The predicted octanol–water partition coefficient (Wildman–Crippen LogP) is 3.70. The Morgan fingerprint density at radius 1 is 1.35 bits per heavy atom. The second kappa shape index (κ2) is 7.94. The fourth-order valence-corrected chi connectivity index (χ4v) is 3.56. The van der Waals surface area contributed by atoms with Crippen molar-refractivity contribution in [3.63, 3.8) is 0 Å². The van der Waals surface area contributed by atoms with E-state index in [2.05, 4.69) is 55.3 Å². The first-order valence-corrected chi connectivity index (χ1v) is 9.00. The summed E-state index contributed by atoms with van der Waals surface area (Å²) in [6.45, 7) is 9.07. The molecular weight excluding hydrogens is 264 g/mol. The fourth-order valence-electron chi connectivity index (χ4n) is 2.87. The van der Waals surface area contributed by atoms with Crippen LogP contribution in [0, 0.1) is 6.92 Å². The van der Waals surface area contributed by atoms with Crippen LogP contribution < -0.4 is 10.2 Å². The second-order valence-corrected chi connectivity index (χ2v) is 7.15. The lowest BCUT2D eigenvalue weighted by atomic mass is 10.0. The van der Waals surface area contributed by atoms with Gasteiger partial charge in [-0.15, -0.1) is 0 Å². The van der Waals surface area contributed by atoms with Crippen LogP contribution >= 0.6 is 11.8 Å². The first-order chi connectivity index (χ1) is 9.69. The molecule has 2 rings (SSSR count). The van der Waals surface area contributed by atoms with Gasteiger partial charge in [0, 0.05) is 36.6 Å². The lowest BCUT2D eigenvalue weighted by Gasteiger charge is -2.35. The highest BCUT2D eigenvalue weighted by Crippen LogP contribution is 2.21. The van der Waals surface area contributed by atoms with Gasteiger partial charge >= 0.3 is 0 Å². The van der Waals surface area contributed by atoms with E-state index in [9.17, 15) is 0 Å². The number of piperidine rings is 1.